The number of anilines is 1. The summed E-state index contributed by atoms with van der Waals surface area (Å²) in [5.74, 6) is -1.27. The molecule has 0 unspecified atom stereocenters. The lowest BCUT2D eigenvalue weighted by atomic mass is 10.2. The number of amides is 1. The minimum atomic E-state index is -3.70. The topological polar surface area (TPSA) is 102 Å². The summed E-state index contributed by atoms with van der Waals surface area (Å²) in [6.07, 6.45) is 1.62. The number of carbonyl (C=O) groups excluding carboxylic acids is 2. The summed E-state index contributed by atoms with van der Waals surface area (Å²) in [7, 11) is -3.70. The molecule has 170 valence electrons. The Hall–Kier alpha value is -3.14. The van der Waals surface area contributed by atoms with E-state index in [1.165, 1.54) is 36.0 Å². The molecule has 0 aromatic heterocycles. The summed E-state index contributed by atoms with van der Waals surface area (Å²) >= 11 is 1.50. The first kappa shape index (κ1) is 23.0. The van der Waals surface area contributed by atoms with Crippen LogP contribution < -0.4 is 10.0 Å². The van der Waals surface area contributed by atoms with Gasteiger partial charge >= 0.3 is 5.97 Å². The summed E-state index contributed by atoms with van der Waals surface area (Å²) in [6, 6.07) is 22.6. The molecule has 1 aliphatic rings. The Morgan fingerprint density at radius 3 is 2.42 bits per heavy atom. The van der Waals surface area contributed by atoms with E-state index in [0.717, 1.165) is 22.6 Å². The smallest absolute Gasteiger partial charge is 0.338 e. The highest BCUT2D eigenvalue weighted by molar-refractivity contribution is 7.99. The summed E-state index contributed by atoms with van der Waals surface area (Å²) in [6.45, 7) is -0.500. The van der Waals surface area contributed by atoms with Crippen LogP contribution in [0.1, 0.15) is 23.2 Å². The minimum Gasteiger partial charge on any atom is -0.452 e. The molecule has 0 atom stereocenters. The molecule has 0 saturated heterocycles. The van der Waals surface area contributed by atoms with Gasteiger partial charge in [-0.05, 0) is 55.3 Å². The maximum Gasteiger partial charge on any atom is 0.338 e. The number of para-hydroxylation sites is 1. The molecule has 7 nitrogen and oxygen atoms in total. The van der Waals surface area contributed by atoms with Gasteiger partial charge in [-0.15, -0.1) is 0 Å². The van der Waals surface area contributed by atoms with E-state index in [2.05, 4.69) is 10.0 Å². The zero-order chi connectivity index (χ0) is 23.3. The van der Waals surface area contributed by atoms with Gasteiger partial charge in [0.15, 0.2) is 6.61 Å². The number of hydrogen-bond acceptors (Lipinski definition) is 6. The van der Waals surface area contributed by atoms with Gasteiger partial charge in [-0.1, -0.05) is 48.2 Å². The maximum atomic E-state index is 12.4. The van der Waals surface area contributed by atoms with Crippen LogP contribution in [-0.2, 0) is 19.6 Å². The molecule has 1 fully saturated rings. The van der Waals surface area contributed by atoms with Gasteiger partial charge in [0.2, 0.25) is 10.0 Å². The number of ether oxygens (including phenoxy) is 1. The van der Waals surface area contributed by atoms with Crippen molar-refractivity contribution in [1.82, 2.24) is 4.72 Å². The SMILES string of the molecule is O=C(COC(=O)c1cccc(S(=O)(=O)NC2CC2)c1)Nc1ccccc1Sc1ccccc1. The summed E-state index contributed by atoms with van der Waals surface area (Å²) < 4.78 is 32.4. The van der Waals surface area contributed by atoms with Gasteiger partial charge in [0.1, 0.15) is 0 Å². The van der Waals surface area contributed by atoms with E-state index < -0.39 is 28.5 Å². The Morgan fingerprint density at radius 1 is 0.939 bits per heavy atom. The Labute approximate surface area is 196 Å². The minimum absolute atomic E-state index is 0.0137. The molecule has 1 aliphatic carbocycles. The van der Waals surface area contributed by atoms with Crippen molar-refractivity contribution >= 4 is 39.3 Å². The molecule has 0 bridgehead atoms. The fraction of sp³-hybridized carbons (Fsp3) is 0.167. The molecular weight excluding hydrogens is 460 g/mol. The Morgan fingerprint density at radius 2 is 1.67 bits per heavy atom. The van der Waals surface area contributed by atoms with E-state index >= 15 is 0 Å². The maximum absolute atomic E-state index is 12.4. The molecule has 0 radical (unpaired) electrons. The monoisotopic (exact) mass is 482 g/mol. The van der Waals surface area contributed by atoms with Crippen LogP contribution in [0.25, 0.3) is 0 Å². The van der Waals surface area contributed by atoms with Crippen molar-refractivity contribution < 1.29 is 22.7 Å². The fourth-order valence-electron chi connectivity index (χ4n) is 2.95. The van der Waals surface area contributed by atoms with Gasteiger partial charge in [0.05, 0.1) is 16.1 Å². The third-order valence-electron chi connectivity index (χ3n) is 4.75. The zero-order valence-electron chi connectivity index (χ0n) is 17.6. The lowest BCUT2D eigenvalue weighted by molar-refractivity contribution is -0.119. The highest BCUT2D eigenvalue weighted by Gasteiger charge is 2.28. The third kappa shape index (κ3) is 6.44. The van der Waals surface area contributed by atoms with Gasteiger partial charge in [0, 0.05) is 15.8 Å². The highest BCUT2D eigenvalue weighted by Crippen LogP contribution is 2.33. The molecule has 3 aromatic carbocycles. The normalized spacial score (nSPS) is 13.3. The van der Waals surface area contributed by atoms with Crippen LogP contribution in [-0.4, -0.2) is 32.9 Å². The van der Waals surface area contributed by atoms with Gasteiger partial charge in [-0.3, -0.25) is 4.79 Å². The Kier molecular flexibility index (Phi) is 7.12. The van der Waals surface area contributed by atoms with Crippen molar-refractivity contribution in [2.24, 2.45) is 0 Å². The number of esters is 1. The van der Waals surface area contributed by atoms with Crippen LogP contribution in [0.3, 0.4) is 0 Å². The first-order valence-electron chi connectivity index (χ1n) is 10.3. The van der Waals surface area contributed by atoms with E-state index in [9.17, 15) is 18.0 Å². The van der Waals surface area contributed by atoms with Crippen molar-refractivity contribution in [2.75, 3.05) is 11.9 Å². The first-order valence-corrected chi connectivity index (χ1v) is 12.6. The quantitative estimate of drug-likeness (QED) is 0.446. The second-order valence-electron chi connectivity index (χ2n) is 7.46. The van der Waals surface area contributed by atoms with Crippen LogP contribution in [0.4, 0.5) is 5.69 Å². The molecule has 4 rings (SSSR count). The molecule has 0 heterocycles. The fourth-order valence-corrected chi connectivity index (χ4v) is 5.23. The van der Waals surface area contributed by atoms with Gasteiger partial charge in [-0.25, -0.2) is 17.9 Å². The lowest BCUT2D eigenvalue weighted by Crippen LogP contribution is -2.26. The largest absolute Gasteiger partial charge is 0.452 e. The average molecular weight is 483 g/mol. The summed E-state index contributed by atoms with van der Waals surface area (Å²) in [5.41, 5.74) is 0.660. The highest BCUT2D eigenvalue weighted by atomic mass is 32.2. The van der Waals surface area contributed by atoms with Crippen LogP contribution in [0.2, 0.25) is 0 Å². The van der Waals surface area contributed by atoms with Crippen molar-refractivity contribution in [3.63, 3.8) is 0 Å². The second-order valence-corrected chi connectivity index (χ2v) is 10.3. The van der Waals surface area contributed by atoms with Crippen molar-refractivity contribution in [2.45, 2.75) is 33.6 Å². The van der Waals surface area contributed by atoms with Crippen LogP contribution >= 0.6 is 11.8 Å². The van der Waals surface area contributed by atoms with Crippen LogP contribution in [0.15, 0.2) is 93.5 Å². The predicted molar refractivity (Wildman–Crippen MR) is 126 cm³/mol. The predicted octanol–water partition coefficient (Wildman–Crippen LogP) is 4.07. The summed E-state index contributed by atoms with van der Waals surface area (Å²) in [5, 5.41) is 2.76. The molecule has 33 heavy (non-hydrogen) atoms. The number of nitrogens with one attached hydrogen (secondary N) is 2. The van der Waals surface area contributed by atoms with Gasteiger partial charge < -0.3 is 10.1 Å². The third-order valence-corrected chi connectivity index (χ3v) is 7.35. The van der Waals surface area contributed by atoms with Crippen molar-refractivity contribution in [3.8, 4) is 0 Å². The van der Waals surface area contributed by atoms with Gasteiger partial charge in [0.25, 0.3) is 5.91 Å². The zero-order valence-corrected chi connectivity index (χ0v) is 19.2. The molecule has 3 aromatic rings. The van der Waals surface area contributed by atoms with Crippen molar-refractivity contribution in [1.29, 1.82) is 0 Å². The molecule has 1 amide bonds. The van der Waals surface area contributed by atoms with Gasteiger partial charge in [-0.2, -0.15) is 0 Å². The molecule has 0 aliphatic heterocycles. The first-order chi connectivity index (χ1) is 15.9. The molecule has 9 heteroatoms. The van der Waals surface area contributed by atoms with E-state index in [1.54, 1.807) is 12.1 Å². The molecule has 1 saturated carbocycles. The van der Waals surface area contributed by atoms with E-state index in [-0.39, 0.29) is 16.5 Å². The number of hydrogen-bond donors (Lipinski definition) is 2. The molecular formula is C24H22N2O5S2. The van der Waals surface area contributed by atoms with E-state index in [4.69, 9.17) is 4.74 Å². The average Bonchev–Trinajstić information content (AvgIpc) is 3.63. The number of sulfonamides is 1. The van der Waals surface area contributed by atoms with Crippen LogP contribution in [0, 0.1) is 0 Å². The molecule has 0 spiro atoms. The van der Waals surface area contributed by atoms with Crippen LogP contribution in [0.5, 0.6) is 0 Å². The van der Waals surface area contributed by atoms with E-state index in [1.807, 2.05) is 42.5 Å². The molecule has 2 N–H and O–H groups in total. The standard InChI is InChI=1S/C24H22N2O5S2/c27-23(25-21-11-4-5-12-22(21)32-19-8-2-1-3-9-19)16-31-24(28)17-7-6-10-20(15-17)33(29,30)26-18-13-14-18/h1-12,15,18,26H,13-14,16H2,(H,25,27). The number of rotatable bonds is 9. The summed E-state index contributed by atoms with van der Waals surface area (Å²) in [4.78, 5) is 26.7. The number of carbonyl (C=O) groups is 2. The number of benzene rings is 3. The van der Waals surface area contributed by atoms with Crippen molar-refractivity contribution in [3.05, 3.63) is 84.4 Å². The second kappa shape index (κ2) is 10.2. The Balaban J connectivity index is 1.36. The Bertz CT molecular complexity index is 1260. The lowest BCUT2D eigenvalue weighted by Gasteiger charge is -2.11. The van der Waals surface area contributed by atoms with E-state index in [0.29, 0.717) is 5.69 Å².